The molecular formula is C27H27ClF3N5O3S. The van der Waals surface area contributed by atoms with Gasteiger partial charge in [0.15, 0.2) is 5.16 Å². The summed E-state index contributed by atoms with van der Waals surface area (Å²) in [6, 6.07) is 13.4. The van der Waals surface area contributed by atoms with Crippen molar-refractivity contribution >= 4 is 41.0 Å². The van der Waals surface area contributed by atoms with Crippen molar-refractivity contribution in [2.75, 3.05) is 37.4 Å². The topological polar surface area (TPSA) is 87.7 Å². The number of hydrogen-bond donors (Lipinski definition) is 1. The summed E-state index contributed by atoms with van der Waals surface area (Å²) in [5.41, 5.74) is 0.121. The van der Waals surface area contributed by atoms with Gasteiger partial charge in [-0.25, -0.2) is 9.97 Å². The Morgan fingerprint density at radius 3 is 2.62 bits per heavy atom. The summed E-state index contributed by atoms with van der Waals surface area (Å²) in [6.07, 6.45) is -4.45. The Labute approximate surface area is 238 Å². The van der Waals surface area contributed by atoms with Crippen LogP contribution < -0.4 is 15.0 Å². The van der Waals surface area contributed by atoms with E-state index >= 15 is 0 Å². The van der Waals surface area contributed by atoms with Gasteiger partial charge < -0.3 is 19.9 Å². The third kappa shape index (κ3) is 7.57. The molecule has 212 valence electrons. The lowest BCUT2D eigenvalue weighted by atomic mass is 10.1. The molecule has 1 saturated heterocycles. The number of ether oxygens (including phenoxy) is 1. The van der Waals surface area contributed by atoms with Crippen molar-refractivity contribution in [2.24, 2.45) is 0 Å². The van der Waals surface area contributed by atoms with E-state index < -0.39 is 11.7 Å². The summed E-state index contributed by atoms with van der Waals surface area (Å²) < 4.78 is 44.0. The summed E-state index contributed by atoms with van der Waals surface area (Å²) in [5, 5.41) is 3.11. The number of thioether (sulfide) groups is 1. The minimum Gasteiger partial charge on any atom is -0.497 e. The van der Waals surface area contributed by atoms with E-state index in [1.807, 2.05) is 11.8 Å². The molecule has 1 fully saturated rings. The number of alkyl halides is 3. The van der Waals surface area contributed by atoms with Crippen LogP contribution in [0.15, 0.2) is 59.8 Å². The fourth-order valence-corrected chi connectivity index (χ4v) is 5.15. The molecule has 0 spiro atoms. The average molecular weight is 594 g/mol. The lowest BCUT2D eigenvalue weighted by Gasteiger charge is -2.40. The summed E-state index contributed by atoms with van der Waals surface area (Å²) in [4.78, 5) is 38.0. The lowest BCUT2D eigenvalue weighted by Crippen LogP contribution is -2.54. The summed E-state index contributed by atoms with van der Waals surface area (Å²) in [5.74, 6) is 0.678. The van der Waals surface area contributed by atoms with E-state index in [4.69, 9.17) is 16.3 Å². The zero-order valence-corrected chi connectivity index (χ0v) is 23.3. The van der Waals surface area contributed by atoms with Gasteiger partial charge >= 0.3 is 6.18 Å². The molecule has 2 aromatic carbocycles. The maximum atomic E-state index is 13.1. The quantitative estimate of drug-likeness (QED) is 0.225. The molecule has 13 heteroatoms. The number of rotatable bonds is 8. The Morgan fingerprint density at radius 2 is 1.90 bits per heavy atom. The van der Waals surface area contributed by atoms with E-state index in [0.717, 1.165) is 23.9 Å². The largest absolute Gasteiger partial charge is 0.497 e. The fourth-order valence-electron chi connectivity index (χ4n) is 4.24. The first-order valence-corrected chi connectivity index (χ1v) is 13.7. The molecule has 0 saturated carbocycles. The summed E-state index contributed by atoms with van der Waals surface area (Å²) in [7, 11) is 1.55. The minimum atomic E-state index is -4.45. The van der Waals surface area contributed by atoms with Crippen LogP contribution in [0.4, 0.5) is 19.0 Å². The number of aromatic nitrogens is 2. The highest BCUT2D eigenvalue weighted by atomic mass is 35.5. The van der Waals surface area contributed by atoms with E-state index in [2.05, 4.69) is 15.3 Å². The second kappa shape index (κ2) is 12.8. The number of carbonyl (C=O) groups excluding carboxylic acids is 2. The van der Waals surface area contributed by atoms with E-state index in [0.29, 0.717) is 47.5 Å². The predicted molar refractivity (Wildman–Crippen MR) is 147 cm³/mol. The van der Waals surface area contributed by atoms with Gasteiger partial charge in [-0.15, -0.1) is 0 Å². The van der Waals surface area contributed by atoms with Gasteiger partial charge in [0.1, 0.15) is 16.7 Å². The summed E-state index contributed by atoms with van der Waals surface area (Å²) in [6.45, 7) is 3.43. The molecule has 0 aliphatic carbocycles. The first-order valence-electron chi connectivity index (χ1n) is 12.3. The van der Waals surface area contributed by atoms with E-state index in [-0.39, 0.29) is 35.3 Å². The molecule has 1 aromatic heterocycles. The number of carbonyl (C=O) groups is 2. The maximum Gasteiger partial charge on any atom is 0.416 e. The third-order valence-electron chi connectivity index (χ3n) is 6.27. The molecule has 2 amide bonds. The van der Waals surface area contributed by atoms with Gasteiger partial charge in [0, 0.05) is 43.9 Å². The number of halogens is 4. The molecule has 1 unspecified atom stereocenters. The maximum absolute atomic E-state index is 13.1. The third-order valence-corrected chi connectivity index (χ3v) is 7.31. The number of nitrogens with one attached hydrogen (secondary N) is 1. The van der Waals surface area contributed by atoms with E-state index in [1.165, 1.54) is 12.1 Å². The second-order valence-corrected chi connectivity index (χ2v) is 10.5. The minimum absolute atomic E-state index is 0.0401. The molecule has 3 aromatic rings. The Balaban J connectivity index is 1.33. The van der Waals surface area contributed by atoms with Crippen LogP contribution in [0.3, 0.4) is 0 Å². The number of amides is 2. The van der Waals surface area contributed by atoms with Crippen molar-refractivity contribution in [2.45, 2.75) is 30.8 Å². The fraction of sp³-hybridized carbons (Fsp3) is 0.333. The van der Waals surface area contributed by atoms with Gasteiger partial charge in [-0.3, -0.25) is 9.59 Å². The molecule has 1 atom stereocenters. The molecule has 4 rings (SSSR count). The van der Waals surface area contributed by atoms with Crippen LogP contribution in [0.5, 0.6) is 5.75 Å². The van der Waals surface area contributed by atoms with Crippen LogP contribution in [0.1, 0.15) is 28.4 Å². The van der Waals surface area contributed by atoms with Crippen LogP contribution >= 0.6 is 23.4 Å². The van der Waals surface area contributed by atoms with Gasteiger partial charge in [0.25, 0.3) is 5.91 Å². The number of anilines is 1. The average Bonchev–Trinajstić information content (AvgIpc) is 2.94. The molecule has 0 radical (unpaired) electrons. The summed E-state index contributed by atoms with van der Waals surface area (Å²) >= 11 is 7.31. The first kappa shape index (κ1) is 29.5. The predicted octanol–water partition coefficient (Wildman–Crippen LogP) is 4.92. The van der Waals surface area contributed by atoms with Crippen molar-refractivity contribution in [1.82, 2.24) is 20.2 Å². The van der Waals surface area contributed by atoms with Crippen molar-refractivity contribution in [3.8, 4) is 5.75 Å². The van der Waals surface area contributed by atoms with Crippen LogP contribution in [-0.2, 0) is 17.5 Å². The number of benzene rings is 2. The number of methoxy groups -OCH3 is 1. The Morgan fingerprint density at radius 1 is 1.12 bits per heavy atom. The van der Waals surface area contributed by atoms with Gasteiger partial charge in [-0.1, -0.05) is 41.6 Å². The van der Waals surface area contributed by atoms with Crippen molar-refractivity contribution in [3.05, 3.63) is 76.4 Å². The zero-order valence-electron chi connectivity index (χ0n) is 21.7. The van der Waals surface area contributed by atoms with Crippen LogP contribution in [0.2, 0.25) is 5.15 Å². The zero-order chi connectivity index (χ0) is 28.9. The molecule has 40 heavy (non-hydrogen) atoms. The highest BCUT2D eigenvalue weighted by Crippen LogP contribution is 2.29. The molecule has 2 heterocycles. The van der Waals surface area contributed by atoms with Crippen molar-refractivity contribution in [3.63, 3.8) is 0 Å². The van der Waals surface area contributed by atoms with Crippen molar-refractivity contribution < 1.29 is 27.5 Å². The van der Waals surface area contributed by atoms with Gasteiger partial charge in [0.05, 0.1) is 18.4 Å². The lowest BCUT2D eigenvalue weighted by molar-refractivity contribution is -0.137. The second-order valence-electron chi connectivity index (χ2n) is 9.12. The smallest absolute Gasteiger partial charge is 0.416 e. The molecule has 1 aliphatic heterocycles. The standard InChI is InChI=1S/C27H27ClF3N5O3S/c1-17-15-35(9-10-36(17)25(38)19-6-4-8-21(12-19)39-2)23-13-22(28)33-26(34-23)40-16-24(37)32-14-18-5-3-7-20(11-18)27(29,30)31/h3-8,11-13,17H,9-10,14-16H2,1-2H3,(H,32,37). The first-order chi connectivity index (χ1) is 19.0. The van der Waals surface area contributed by atoms with Gasteiger partial charge in [-0.05, 0) is 42.8 Å². The molecule has 0 bridgehead atoms. The van der Waals surface area contributed by atoms with Crippen LogP contribution in [-0.4, -0.2) is 65.2 Å². The monoisotopic (exact) mass is 593 g/mol. The number of piperazine rings is 1. The Bertz CT molecular complexity index is 1380. The van der Waals surface area contributed by atoms with Gasteiger partial charge in [0.2, 0.25) is 5.91 Å². The Hall–Kier alpha value is -3.51. The molecule has 8 nitrogen and oxygen atoms in total. The Kier molecular flexibility index (Phi) is 9.41. The normalized spacial score (nSPS) is 15.6. The number of nitrogens with zero attached hydrogens (tertiary/aromatic N) is 4. The molecule has 1 aliphatic rings. The highest BCUT2D eigenvalue weighted by molar-refractivity contribution is 7.99. The molecular weight excluding hydrogens is 567 g/mol. The highest BCUT2D eigenvalue weighted by Gasteiger charge is 2.31. The van der Waals surface area contributed by atoms with Crippen LogP contribution in [0.25, 0.3) is 0 Å². The van der Waals surface area contributed by atoms with E-state index in [1.54, 1.807) is 42.3 Å². The SMILES string of the molecule is COc1cccc(C(=O)N2CCN(c3cc(Cl)nc(SCC(=O)NCc4cccc(C(F)(F)F)c4)n3)CC2C)c1. The molecule has 1 N–H and O–H groups in total. The van der Waals surface area contributed by atoms with Gasteiger partial charge in [-0.2, -0.15) is 13.2 Å². The number of hydrogen-bond acceptors (Lipinski definition) is 7. The van der Waals surface area contributed by atoms with Crippen molar-refractivity contribution in [1.29, 1.82) is 0 Å². The van der Waals surface area contributed by atoms with E-state index in [9.17, 15) is 22.8 Å². The van der Waals surface area contributed by atoms with Crippen LogP contribution in [0, 0.1) is 0 Å².